The Morgan fingerprint density at radius 2 is 1.83 bits per heavy atom. The van der Waals surface area contributed by atoms with Crippen molar-refractivity contribution in [1.82, 2.24) is 0 Å². The lowest BCUT2D eigenvalue weighted by Crippen LogP contribution is -2.46. The minimum atomic E-state index is -0.614. The van der Waals surface area contributed by atoms with E-state index in [4.69, 9.17) is 0 Å². The van der Waals surface area contributed by atoms with Gasteiger partial charge in [0.15, 0.2) is 5.76 Å². The number of fused-ring (bicyclic) bond motifs is 3. The molecule has 4 nitrogen and oxygen atoms in total. The minimum absolute atomic E-state index is 0.0810. The predicted molar refractivity (Wildman–Crippen MR) is 92.6 cm³/mol. The number of allylic oxidation sites excluding steroid dienone is 1. The number of hydrogen-bond donors (Lipinski definition) is 3. The summed E-state index contributed by atoms with van der Waals surface area (Å²) >= 11 is 0. The first-order valence-corrected chi connectivity index (χ1v) is 8.63. The summed E-state index contributed by atoms with van der Waals surface area (Å²) in [5, 5.41) is 31.1. The molecule has 4 heteroatoms. The predicted octanol–water partition coefficient (Wildman–Crippen LogP) is 3.96. The SMILES string of the molecule is CC(C)c1cc2c(cc1O)[C@@]1(C)CCC[C@](C)(CO)C1=C(O)C2=O. The minimum Gasteiger partial charge on any atom is -0.508 e. The maximum absolute atomic E-state index is 12.8. The first-order valence-electron chi connectivity index (χ1n) is 8.63. The number of hydrogen-bond acceptors (Lipinski definition) is 4. The topological polar surface area (TPSA) is 77.8 Å². The van der Waals surface area contributed by atoms with Crippen LogP contribution in [-0.4, -0.2) is 27.7 Å². The Balaban J connectivity index is 2.31. The van der Waals surface area contributed by atoms with Gasteiger partial charge in [-0.2, -0.15) is 0 Å². The number of aromatic hydroxyl groups is 1. The quantitative estimate of drug-likeness (QED) is 0.767. The molecular formula is C20H26O4. The van der Waals surface area contributed by atoms with E-state index < -0.39 is 16.6 Å². The molecule has 130 valence electrons. The van der Waals surface area contributed by atoms with Crippen LogP contribution in [0.1, 0.15) is 74.4 Å². The highest BCUT2D eigenvalue weighted by Crippen LogP contribution is 2.56. The van der Waals surface area contributed by atoms with Gasteiger partial charge < -0.3 is 15.3 Å². The molecule has 24 heavy (non-hydrogen) atoms. The van der Waals surface area contributed by atoms with Crippen LogP contribution in [0.15, 0.2) is 23.5 Å². The molecule has 0 aliphatic heterocycles. The van der Waals surface area contributed by atoms with Crippen molar-refractivity contribution in [3.63, 3.8) is 0 Å². The molecule has 3 N–H and O–H groups in total. The molecule has 0 spiro atoms. The van der Waals surface area contributed by atoms with Crippen molar-refractivity contribution in [3.05, 3.63) is 40.2 Å². The van der Waals surface area contributed by atoms with E-state index in [1.165, 1.54) is 0 Å². The highest BCUT2D eigenvalue weighted by atomic mass is 16.3. The largest absolute Gasteiger partial charge is 0.508 e. The molecule has 1 aromatic rings. The number of carbonyl (C=O) groups is 1. The lowest BCUT2D eigenvalue weighted by atomic mass is 9.54. The smallest absolute Gasteiger partial charge is 0.227 e. The Kier molecular flexibility index (Phi) is 3.79. The van der Waals surface area contributed by atoms with Gasteiger partial charge in [0, 0.05) is 16.4 Å². The van der Waals surface area contributed by atoms with Crippen molar-refractivity contribution in [1.29, 1.82) is 0 Å². The number of Topliss-reactive ketones (excluding diaryl/α,β-unsaturated/α-hetero) is 1. The molecule has 0 radical (unpaired) electrons. The van der Waals surface area contributed by atoms with Crippen molar-refractivity contribution >= 4 is 5.78 Å². The van der Waals surface area contributed by atoms with Crippen LogP contribution in [0.25, 0.3) is 0 Å². The third-order valence-corrected chi connectivity index (χ3v) is 5.99. The molecule has 0 amide bonds. The highest BCUT2D eigenvalue weighted by Gasteiger charge is 2.52. The summed E-state index contributed by atoms with van der Waals surface area (Å²) in [6.45, 7) is 7.71. The van der Waals surface area contributed by atoms with Crippen LogP contribution in [0, 0.1) is 5.41 Å². The van der Waals surface area contributed by atoms with Crippen molar-refractivity contribution in [3.8, 4) is 5.75 Å². The number of ketones is 1. The first kappa shape index (κ1) is 17.0. The molecule has 0 bridgehead atoms. The second-order valence-electron chi connectivity index (χ2n) is 8.07. The van der Waals surface area contributed by atoms with Crippen molar-refractivity contribution < 1.29 is 20.1 Å². The summed E-state index contributed by atoms with van der Waals surface area (Å²) < 4.78 is 0. The average molecular weight is 330 g/mol. The van der Waals surface area contributed by atoms with Gasteiger partial charge in [0.2, 0.25) is 5.78 Å². The van der Waals surface area contributed by atoms with Crippen molar-refractivity contribution in [2.45, 2.75) is 58.3 Å². The second-order valence-corrected chi connectivity index (χ2v) is 8.07. The van der Waals surface area contributed by atoms with Crippen LogP contribution < -0.4 is 0 Å². The lowest BCUT2D eigenvalue weighted by molar-refractivity contribution is 0.0878. The molecule has 1 fully saturated rings. The van der Waals surface area contributed by atoms with Gasteiger partial charge >= 0.3 is 0 Å². The van der Waals surface area contributed by atoms with Gasteiger partial charge in [0.05, 0.1) is 6.61 Å². The molecule has 0 heterocycles. The fourth-order valence-electron chi connectivity index (χ4n) is 4.68. The molecule has 3 rings (SSSR count). The summed E-state index contributed by atoms with van der Waals surface area (Å²) in [5.41, 5.74) is 1.41. The van der Waals surface area contributed by atoms with E-state index in [9.17, 15) is 20.1 Å². The maximum Gasteiger partial charge on any atom is 0.227 e. The Labute approximate surface area is 142 Å². The van der Waals surface area contributed by atoms with Gasteiger partial charge in [0.25, 0.3) is 0 Å². The van der Waals surface area contributed by atoms with Gasteiger partial charge in [0.1, 0.15) is 5.75 Å². The first-order chi connectivity index (χ1) is 11.2. The molecule has 2 aliphatic rings. The fraction of sp³-hybridized carbons (Fsp3) is 0.550. The molecule has 0 saturated heterocycles. The monoisotopic (exact) mass is 330 g/mol. The Bertz CT molecular complexity index is 746. The number of phenols is 1. The zero-order valence-electron chi connectivity index (χ0n) is 14.8. The van der Waals surface area contributed by atoms with Gasteiger partial charge in [-0.15, -0.1) is 0 Å². The summed E-state index contributed by atoms with van der Waals surface area (Å²) in [6.07, 6.45) is 2.41. The van der Waals surface area contributed by atoms with E-state index in [0.717, 1.165) is 24.8 Å². The number of aliphatic hydroxyl groups excluding tert-OH is 2. The van der Waals surface area contributed by atoms with E-state index in [-0.39, 0.29) is 24.0 Å². The number of carbonyl (C=O) groups excluding carboxylic acids is 1. The number of rotatable bonds is 2. The van der Waals surface area contributed by atoms with Crippen molar-refractivity contribution in [2.24, 2.45) is 5.41 Å². The van der Waals surface area contributed by atoms with E-state index in [0.29, 0.717) is 16.7 Å². The number of benzene rings is 1. The molecule has 0 aromatic heterocycles. The van der Waals surface area contributed by atoms with Gasteiger partial charge in [-0.1, -0.05) is 34.1 Å². The van der Waals surface area contributed by atoms with Gasteiger partial charge in [-0.25, -0.2) is 0 Å². The van der Waals surface area contributed by atoms with Gasteiger partial charge in [-0.05, 0) is 47.6 Å². The van der Waals surface area contributed by atoms with Crippen LogP contribution in [0.3, 0.4) is 0 Å². The Morgan fingerprint density at radius 1 is 1.17 bits per heavy atom. The van der Waals surface area contributed by atoms with E-state index in [1.807, 2.05) is 27.7 Å². The molecule has 1 aromatic carbocycles. The summed E-state index contributed by atoms with van der Waals surface area (Å²) in [5.74, 6) is -0.352. The van der Waals surface area contributed by atoms with Crippen LogP contribution in [0.5, 0.6) is 5.75 Å². The summed E-state index contributed by atoms with van der Waals surface area (Å²) in [6, 6.07) is 3.42. The standard InChI is InChI=1S/C20H26O4/c1-11(2)12-8-13-14(9-15(12)22)20(4)7-5-6-19(3,10-21)18(20)17(24)16(13)23/h8-9,11,21-22,24H,5-7,10H2,1-4H3/t19-,20-/m1/s1. The second kappa shape index (κ2) is 5.35. The summed E-state index contributed by atoms with van der Waals surface area (Å²) in [7, 11) is 0. The number of aliphatic hydroxyl groups is 2. The zero-order chi connectivity index (χ0) is 17.9. The Hall–Kier alpha value is -1.81. The molecule has 2 aliphatic carbocycles. The van der Waals surface area contributed by atoms with Crippen LogP contribution in [0.2, 0.25) is 0 Å². The third-order valence-electron chi connectivity index (χ3n) is 5.99. The van der Waals surface area contributed by atoms with E-state index >= 15 is 0 Å². The van der Waals surface area contributed by atoms with E-state index in [1.54, 1.807) is 12.1 Å². The van der Waals surface area contributed by atoms with Crippen LogP contribution in [0.4, 0.5) is 0 Å². The maximum atomic E-state index is 12.8. The van der Waals surface area contributed by atoms with E-state index in [2.05, 4.69) is 0 Å². The lowest BCUT2D eigenvalue weighted by Gasteiger charge is -2.49. The normalized spacial score (nSPS) is 29.7. The Morgan fingerprint density at radius 3 is 2.42 bits per heavy atom. The summed E-state index contributed by atoms with van der Waals surface area (Å²) in [4.78, 5) is 12.8. The number of phenolic OH excluding ortho intramolecular Hbond substituents is 1. The van der Waals surface area contributed by atoms with Gasteiger partial charge in [-0.3, -0.25) is 4.79 Å². The molecular weight excluding hydrogens is 304 g/mol. The van der Waals surface area contributed by atoms with Crippen molar-refractivity contribution in [2.75, 3.05) is 6.61 Å². The fourth-order valence-corrected chi connectivity index (χ4v) is 4.68. The molecule has 2 atom stereocenters. The molecule has 0 unspecified atom stereocenters. The zero-order valence-corrected chi connectivity index (χ0v) is 14.8. The average Bonchev–Trinajstić information content (AvgIpc) is 2.52. The van der Waals surface area contributed by atoms with Crippen LogP contribution in [-0.2, 0) is 5.41 Å². The molecule has 1 saturated carbocycles. The van der Waals surface area contributed by atoms with Crippen LogP contribution >= 0.6 is 0 Å². The highest BCUT2D eigenvalue weighted by molar-refractivity contribution is 6.11. The third kappa shape index (κ3) is 2.12.